The predicted octanol–water partition coefficient (Wildman–Crippen LogP) is 1.52. The van der Waals surface area contributed by atoms with Crippen LogP contribution in [0.25, 0.3) is 0 Å². The summed E-state index contributed by atoms with van der Waals surface area (Å²) in [7, 11) is 0. The maximum atomic E-state index is 11.5. The average molecular weight is 225 g/mol. The molecule has 4 heteroatoms. The number of likely N-dealkylation sites (tertiary alicyclic amines) is 1. The molecule has 0 aliphatic carbocycles. The molecular formula is C12H19NO3. The smallest absolute Gasteiger partial charge is 0.309 e. The highest BCUT2D eigenvalue weighted by atomic mass is 16.4. The Kier molecular flexibility index (Phi) is 3.73. The van der Waals surface area contributed by atoms with Gasteiger partial charge in [-0.05, 0) is 38.7 Å². The van der Waals surface area contributed by atoms with Crippen LogP contribution in [-0.4, -0.2) is 35.0 Å². The molecule has 1 saturated heterocycles. The van der Waals surface area contributed by atoms with E-state index in [1.807, 2.05) is 0 Å². The minimum atomic E-state index is -0.801. The van der Waals surface area contributed by atoms with E-state index in [1.165, 1.54) is 6.08 Å². The molecule has 0 aromatic rings. The molecule has 16 heavy (non-hydrogen) atoms. The summed E-state index contributed by atoms with van der Waals surface area (Å²) < 4.78 is 0. The number of hydrogen-bond donors (Lipinski definition) is 1. The first-order valence-electron chi connectivity index (χ1n) is 5.54. The van der Waals surface area contributed by atoms with Crippen LogP contribution in [0.5, 0.6) is 0 Å². The largest absolute Gasteiger partial charge is 0.481 e. The van der Waals surface area contributed by atoms with Gasteiger partial charge in [0.05, 0.1) is 5.41 Å². The lowest BCUT2D eigenvalue weighted by atomic mass is 9.74. The quantitative estimate of drug-likeness (QED) is 0.741. The van der Waals surface area contributed by atoms with E-state index < -0.39 is 11.4 Å². The number of piperidine rings is 1. The van der Waals surface area contributed by atoms with Gasteiger partial charge in [0.15, 0.2) is 0 Å². The van der Waals surface area contributed by atoms with Crippen LogP contribution in [-0.2, 0) is 9.59 Å². The summed E-state index contributed by atoms with van der Waals surface area (Å²) >= 11 is 0. The second-order valence-corrected chi connectivity index (χ2v) is 4.85. The summed E-state index contributed by atoms with van der Waals surface area (Å²) in [5, 5.41) is 9.15. The molecule has 1 unspecified atom stereocenters. The van der Waals surface area contributed by atoms with Crippen molar-refractivity contribution in [3.05, 3.63) is 12.7 Å². The van der Waals surface area contributed by atoms with E-state index in [0.29, 0.717) is 13.1 Å². The molecular weight excluding hydrogens is 206 g/mol. The van der Waals surface area contributed by atoms with Crippen molar-refractivity contribution in [2.24, 2.45) is 11.3 Å². The lowest BCUT2D eigenvalue weighted by Gasteiger charge is -2.38. The van der Waals surface area contributed by atoms with Crippen molar-refractivity contribution in [2.45, 2.75) is 26.7 Å². The fraction of sp³-hybridized carbons (Fsp3) is 0.667. The molecule has 1 aliphatic rings. The zero-order valence-corrected chi connectivity index (χ0v) is 9.90. The molecule has 1 rings (SSSR count). The molecule has 0 radical (unpaired) electrons. The monoisotopic (exact) mass is 225 g/mol. The van der Waals surface area contributed by atoms with Gasteiger partial charge in [-0.3, -0.25) is 9.59 Å². The Bertz CT molecular complexity index is 309. The van der Waals surface area contributed by atoms with Crippen molar-refractivity contribution in [1.29, 1.82) is 0 Å². The third-order valence-electron chi connectivity index (χ3n) is 3.48. The van der Waals surface area contributed by atoms with E-state index in [-0.39, 0.29) is 11.8 Å². The third kappa shape index (κ3) is 2.43. The number of carboxylic acid groups (broad SMARTS) is 1. The molecule has 1 N–H and O–H groups in total. The van der Waals surface area contributed by atoms with E-state index in [4.69, 9.17) is 5.11 Å². The van der Waals surface area contributed by atoms with Crippen molar-refractivity contribution >= 4 is 11.9 Å². The van der Waals surface area contributed by atoms with Gasteiger partial charge in [-0.15, -0.1) is 0 Å². The SMILES string of the molecule is C=CC(=O)N1CCCC(C(C)(C)C(=O)O)C1. The van der Waals surface area contributed by atoms with Crippen LogP contribution in [0.2, 0.25) is 0 Å². The Hall–Kier alpha value is -1.32. The summed E-state index contributed by atoms with van der Waals surface area (Å²) in [6, 6.07) is 0. The second kappa shape index (κ2) is 4.68. The molecule has 0 spiro atoms. The summed E-state index contributed by atoms with van der Waals surface area (Å²) in [5.74, 6) is -0.890. The van der Waals surface area contributed by atoms with Gasteiger partial charge in [0, 0.05) is 13.1 Å². The topological polar surface area (TPSA) is 57.6 Å². The van der Waals surface area contributed by atoms with Crippen LogP contribution in [0, 0.1) is 11.3 Å². The molecule has 1 amide bonds. The van der Waals surface area contributed by atoms with Gasteiger partial charge in [-0.1, -0.05) is 6.58 Å². The average Bonchev–Trinajstić information content (AvgIpc) is 2.28. The molecule has 1 fully saturated rings. The normalized spacial score (nSPS) is 21.6. The summed E-state index contributed by atoms with van der Waals surface area (Å²) in [5.41, 5.74) is -0.778. The predicted molar refractivity (Wildman–Crippen MR) is 60.9 cm³/mol. The van der Waals surface area contributed by atoms with Crippen LogP contribution in [0.1, 0.15) is 26.7 Å². The van der Waals surface area contributed by atoms with Crippen molar-refractivity contribution < 1.29 is 14.7 Å². The van der Waals surface area contributed by atoms with E-state index in [2.05, 4.69) is 6.58 Å². The Labute approximate surface area is 95.9 Å². The maximum Gasteiger partial charge on any atom is 0.309 e. The second-order valence-electron chi connectivity index (χ2n) is 4.85. The molecule has 90 valence electrons. The fourth-order valence-corrected chi connectivity index (χ4v) is 2.07. The zero-order valence-electron chi connectivity index (χ0n) is 9.90. The Morgan fingerprint density at radius 2 is 2.12 bits per heavy atom. The number of carbonyl (C=O) groups is 2. The van der Waals surface area contributed by atoms with Crippen LogP contribution in [0.3, 0.4) is 0 Å². The first-order chi connectivity index (χ1) is 7.39. The first-order valence-corrected chi connectivity index (χ1v) is 5.54. The number of carbonyl (C=O) groups excluding carboxylic acids is 1. The van der Waals surface area contributed by atoms with Gasteiger partial charge in [-0.2, -0.15) is 0 Å². The summed E-state index contributed by atoms with van der Waals surface area (Å²) in [4.78, 5) is 24.3. The van der Waals surface area contributed by atoms with E-state index in [0.717, 1.165) is 12.8 Å². The Morgan fingerprint density at radius 3 is 2.62 bits per heavy atom. The third-order valence-corrected chi connectivity index (χ3v) is 3.48. The lowest BCUT2D eigenvalue weighted by Crippen LogP contribution is -2.46. The number of nitrogens with zero attached hydrogens (tertiary/aromatic N) is 1. The van der Waals surface area contributed by atoms with Crippen molar-refractivity contribution in [2.75, 3.05) is 13.1 Å². The van der Waals surface area contributed by atoms with Gasteiger partial charge in [0.2, 0.25) is 5.91 Å². The zero-order chi connectivity index (χ0) is 12.3. The lowest BCUT2D eigenvalue weighted by molar-refractivity contribution is -0.152. The van der Waals surface area contributed by atoms with Crippen molar-refractivity contribution in [3.63, 3.8) is 0 Å². The van der Waals surface area contributed by atoms with Crippen LogP contribution >= 0.6 is 0 Å². The van der Waals surface area contributed by atoms with E-state index >= 15 is 0 Å². The Balaban J connectivity index is 2.74. The number of amides is 1. The van der Waals surface area contributed by atoms with E-state index in [9.17, 15) is 9.59 Å². The highest BCUT2D eigenvalue weighted by Crippen LogP contribution is 2.34. The number of aliphatic carboxylic acids is 1. The van der Waals surface area contributed by atoms with Crippen molar-refractivity contribution in [1.82, 2.24) is 4.90 Å². The van der Waals surface area contributed by atoms with Gasteiger partial charge >= 0.3 is 5.97 Å². The molecule has 1 atom stereocenters. The highest BCUT2D eigenvalue weighted by Gasteiger charge is 2.39. The van der Waals surface area contributed by atoms with Crippen LogP contribution in [0.4, 0.5) is 0 Å². The molecule has 1 heterocycles. The molecule has 1 aliphatic heterocycles. The van der Waals surface area contributed by atoms with E-state index in [1.54, 1.807) is 18.7 Å². The van der Waals surface area contributed by atoms with Gasteiger partial charge < -0.3 is 10.0 Å². The molecule has 0 bridgehead atoms. The molecule has 0 aromatic heterocycles. The van der Waals surface area contributed by atoms with Gasteiger partial charge in [-0.25, -0.2) is 0 Å². The molecule has 4 nitrogen and oxygen atoms in total. The van der Waals surface area contributed by atoms with Gasteiger partial charge in [0.1, 0.15) is 0 Å². The number of hydrogen-bond acceptors (Lipinski definition) is 2. The number of carboxylic acids is 1. The maximum absolute atomic E-state index is 11.5. The Morgan fingerprint density at radius 1 is 1.50 bits per heavy atom. The minimum Gasteiger partial charge on any atom is -0.481 e. The number of rotatable bonds is 3. The summed E-state index contributed by atoms with van der Waals surface area (Å²) in [6.07, 6.45) is 3.01. The van der Waals surface area contributed by atoms with Gasteiger partial charge in [0.25, 0.3) is 0 Å². The summed E-state index contributed by atoms with van der Waals surface area (Å²) in [6.45, 7) is 8.12. The standard InChI is InChI=1S/C12H19NO3/c1-4-10(14)13-7-5-6-9(8-13)12(2,3)11(15)16/h4,9H,1,5-8H2,2-3H3,(H,15,16). The minimum absolute atomic E-state index is 0.0163. The molecule has 0 saturated carbocycles. The first kappa shape index (κ1) is 12.7. The molecule has 0 aromatic carbocycles. The fourth-order valence-electron chi connectivity index (χ4n) is 2.07. The van der Waals surface area contributed by atoms with Crippen LogP contribution < -0.4 is 0 Å². The van der Waals surface area contributed by atoms with Crippen molar-refractivity contribution in [3.8, 4) is 0 Å². The highest BCUT2D eigenvalue weighted by molar-refractivity contribution is 5.87. The van der Waals surface area contributed by atoms with Crippen LogP contribution in [0.15, 0.2) is 12.7 Å².